The van der Waals surface area contributed by atoms with Gasteiger partial charge in [0.05, 0.1) is 28.0 Å². The monoisotopic (exact) mass is 444 g/mol. The van der Waals surface area contributed by atoms with Crippen molar-refractivity contribution in [3.63, 3.8) is 0 Å². The molecular weight excluding hydrogens is 404 g/mol. The predicted octanol–water partition coefficient (Wildman–Crippen LogP) is 4.49. The Morgan fingerprint density at radius 2 is 0.688 bits per heavy atom. The predicted molar refractivity (Wildman–Crippen MR) is 128 cm³/mol. The molecule has 0 saturated carbocycles. The van der Waals surface area contributed by atoms with Crippen LogP contribution >= 0.6 is 0 Å². The van der Waals surface area contributed by atoms with Gasteiger partial charge in [0, 0.05) is 0 Å². The molecule has 0 aliphatic carbocycles. The Kier molecular flexibility index (Phi) is 6.56. The maximum Gasteiger partial charge on any atom is 0.0846 e. The molecule has 0 aliphatic rings. The highest BCUT2D eigenvalue weighted by Gasteiger charge is 2.33. The van der Waals surface area contributed by atoms with E-state index >= 15 is 0 Å². The van der Waals surface area contributed by atoms with Crippen molar-refractivity contribution in [1.82, 2.24) is 0 Å². The molecule has 5 heteroatoms. The standard InChI is InChI=1S/C27H40O5/c1-23(2,28)17-11-16(12-18(13-17)24(3,4)29)22-20(26(7,8)31)14-19(25(5,6)30)15-21(22)27(9,10)32/h11-15,28-32H,1-10H3. The molecule has 2 aromatic carbocycles. The van der Waals surface area contributed by atoms with Crippen molar-refractivity contribution in [2.75, 3.05) is 0 Å². The fourth-order valence-corrected chi connectivity index (χ4v) is 3.75. The Hall–Kier alpha value is -1.76. The summed E-state index contributed by atoms with van der Waals surface area (Å²) in [5.41, 5.74) is -2.04. The van der Waals surface area contributed by atoms with Gasteiger partial charge >= 0.3 is 0 Å². The molecule has 0 saturated heterocycles. The summed E-state index contributed by atoms with van der Waals surface area (Å²) in [6.07, 6.45) is 0. The first kappa shape index (κ1) is 26.5. The van der Waals surface area contributed by atoms with Crippen molar-refractivity contribution in [2.45, 2.75) is 97.2 Å². The highest BCUT2D eigenvalue weighted by molar-refractivity contribution is 5.75. The van der Waals surface area contributed by atoms with Gasteiger partial charge in [0.25, 0.3) is 0 Å². The molecule has 0 amide bonds. The van der Waals surface area contributed by atoms with Crippen LogP contribution in [0, 0.1) is 0 Å². The van der Waals surface area contributed by atoms with Crippen molar-refractivity contribution < 1.29 is 25.5 Å². The minimum Gasteiger partial charge on any atom is -0.386 e. The van der Waals surface area contributed by atoms with Crippen LogP contribution in [0.5, 0.6) is 0 Å². The lowest BCUT2D eigenvalue weighted by Crippen LogP contribution is -2.26. The Morgan fingerprint density at radius 1 is 0.406 bits per heavy atom. The summed E-state index contributed by atoms with van der Waals surface area (Å²) >= 11 is 0. The normalized spacial score (nSPS) is 14.1. The van der Waals surface area contributed by atoms with Crippen molar-refractivity contribution in [1.29, 1.82) is 0 Å². The van der Waals surface area contributed by atoms with Crippen molar-refractivity contribution in [3.8, 4) is 11.1 Å². The summed E-state index contributed by atoms with van der Waals surface area (Å²) < 4.78 is 0. The molecule has 0 aromatic heterocycles. The van der Waals surface area contributed by atoms with E-state index in [2.05, 4.69) is 0 Å². The summed E-state index contributed by atoms with van der Waals surface area (Å²) in [7, 11) is 0. The van der Waals surface area contributed by atoms with Crippen molar-refractivity contribution in [2.24, 2.45) is 0 Å². The molecule has 0 unspecified atom stereocenters. The Bertz CT molecular complexity index is 918. The van der Waals surface area contributed by atoms with Gasteiger partial charge < -0.3 is 25.5 Å². The molecule has 0 fully saturated rings. The SMILES string of the molecule is CC(C)(O)c1cc(-c2c(C(C)(C)O)cc(C(C)(C)O)cc2C(C)(C)O)cc(C(C)(C)O)c1. The first-order valence-corrected chi connectivity index (χ1v) is 11.0. The van der Waals surface area contributed by atoms with Crippen LogP contribution in [-0.2, 0) is 28.0 Å². The van der Waals surface area contributed by atoms with Crippen LogP contribution in [0.25, 0.3) is 11.1 Å². The number of benzene rings is 2. The van der Waals surface area contributed by atoms with E-state index < -0.39 is 28.0 Å². The van der Waals surface area contributed by atoms with Gasteiger partial charge in [0.2, 0.25) is 0 Å². The first-order valence-electron chi connectivity index (χ1n) is 11.0. The second-order valence-electron chi connectivity index (χ2n) is 11.5. The van der Waals surface area contributed by atoms with Crippen LogP contribution in [0.3, 0.4) is 0 Å². The molecule has 0 bridgehead atoms. The van der Waals surface area contributed by atoms with Crippen LogP contribution in [0.15, 0.2) is 30.3 Å². The summed E-state index contributed by atoms with van der Waals surface area (Å²) in [6, 6.07) is 8.91. The van der Waals surface area contributed by atoms with Gasteiger partial charge in [-0.05, 0) is 132 Å². The van der Waals surface area contributed by atoms with Gasteiger partial charge in [0.15, 0.2) is 0 Å². The Balaban J connectivity index is 3.12. The van der Waals surface area contributed by atoms with E-state index in [1.54, 1.807) is 87.4 Å². The topological polar surface area (TPSA) is 101 Å². The fraction of sp³-hybridized carbons (Fsp3) is 0.556. The Morgan fingerprint density at radius 3 is 0.938 bits per heavy atom. The highest BCUT2D eigenvalue weighted by atomic mass is 16.3. The quantitative estimate of drug-likeness (QED) is 0.452. The molecule has 2 aromatic rings. The summed E-state index contributed by atoms with van der Waals surface area (Å²) in [5.74, 6) is 0. The molecule has 0 aliphatic heterocycles. The first-order chi connectivity index (χ1) is 14.0. The lowest BCUT2D eigenvalue weighted by molar-refractivity contribution is 0.0659. The van der Waals surface area contributed by atoms with Crippen molar-refractivity contribution >= 4 is 0 Å². The van der Waals surface area contributed by atoms with Gasteiger partial charge in [-0.25, -0.2) is 0 Å². The Labute approximate surface area is 192 Å². The number of rotatable bonds is 6. The zero-order valence-corrected chi connectivity index (χ0v) is 21.1. The van der Waals surface area contributed by atoms with Gasteiger partial charge in [0.1, 0.15) is 0 Å². The van der Waals surface area contributed by atoms with Crippen LogP contribution in [-0.4, -0.2) is 25.5 Å². The van der Waals surface area contributed by atoms with E-state index in [1.165, 1.54) is 0 Å². The van der Waals surface area contributed by atoms with Crippen molar-refractivity contribution in [3.05, 3.63) is 58.1 Å². The number of hydrogen-bond donors (Lipinski definition) is 5. The van der Waals surface area contributed by atoms with E-state index in [0.717, 1.165) is 0 Å². The molecule has 0 radical (unpaired) electrons. The minimum absolute atomic E-state index is 0.531. The maximum absolute atomic E-state index is 11.1. The second kappa shape index (κ2) is 7.93. The third-order valence-electron chi connectivity index (χ3n) is 5.80. The van der Waals surface area contributed by atoms with E-state index in [-0.39, 0.29) is 0 Å². The average molecular weight is 445 g/mol. The second-order valence-corrected chi connectivity index (χ2v) is 11.5. The summed E-state index contributed by atoms with van der Waals surface area (Å²) in [6.45, 7) is 16.6. The number of hydrogen-bond acceptors (Lipinski definition) is 5. The molecule has 0 spiro atoms. The average Bonchev–Trinajstić information content (AvgIpc) is 2.56. The van der Waals surface area contributed by atoms with Crippen LogP contribution in [0.2, 0.25) is 0 Å². The third-order valence-corrected chi connectivity index (χ3v) is 5.80. The summed E-state index contributed by atoms with van der Waals surface area (Å²) in [4.78, 5) is 0. The molecule has 5 N–H and O–H groups in total. The van der Waals surface area contributed by atoms with E-state index in [1.807, 2.05) is 12.1 Å². The lowest BCUT2D eigenvalue weighted by atomic mass is 9.77. The van der Waals surface area contributed by atoms with Gasteiger partial charge in [-0.2, -0.15) is 0 Å². The van der Waals surface area contributed by atoms with E-state index in [4.69, 9.17) is 0 Å². The molecule has 2 rings (SSSR count). The van der Waals surface area contributed by atoms with E-state index in [0.29, 0.717) is 38.9 Å². The summed E-state index contributed by atoms with van der Waals surface area (Å²) in [5, 5.41) is 54.4. The third kappa shape index (κ3) is 5.77. The fourth-order valence-electron chi connectivity index (χ4n) is 3.75. The molecule has 0 atom stereocenters. The van der Waals surface area contributed by atoms with Gasteiger partial charge in [-0.1, -0.05) is 6.07 Å². The van der Waals surface area contributed by atoms with Crippen LogP contribution in [0.4, 0.5) is 0 Å². The molecule has 178 valence electrons. The van der Waals surface area contributed by atoms with Crippen LogP contribution < -0.4 is 0 Å². The lowest BCUT2D eigenvalue weighted by Gasteiger charge is -2.33. The maximum atomic E-state index is 11.1. The zero-order chi connectivity index (χ0) is 25.1. The largest absolute Gasteiger partial charge is 0.386 e. The highest BCUT2D eigenvalue weighted by Crippen LogP contribution is 2.43. The van der Waals surface area contributed by atoms with Gasteiger partial charge in [-0.3, -0.25) is 0 Å². The minimum atomic E-state index is -1.30. The molecule has 0 heterocycles. The number of aliphatic hydroxyl groups is 5. The molecule has 5 nitrogen and oxygen atoms in total. The zero-order valence-electron chi connectivity index (χ0n) is 21.1. The van der Waals surface area contributed by atoms with E-state index in [9.17, 15) is 25.5 Å². The molecular formula is C27H40O5. The smallest absolute Gasteiger partial charge is 0.0846 e. The molecule has 32 heavy (non-hydrogen) atoms. The van der Waals surface area contributed by atoms with Gasteiger partial charge in [-0.15, -0.1) is 0 Å². The van der Waals surface area contributed by atoms with Crippen LogP contribution in [0.1, 0.15) is 97.1 Å².